The van der Waals surface area contributed by atoms with E-state index >= 15 is 0 Å². The van der Waals surface area contributed by atoms with Crippen LogP contribution in [0.15, 0.2) is 65.1 Å². The third-order valence-electron chi connectivity index (χ3n) is 5.23. The molecule has 31 heavy (non-hydrogen) atoms. The van der Waals surface area contributed by atoms with Crippen molar-refractivity contribution in [1.29, 1.82) is 0 Å². The van der Waals surface area contributed by atoms with Crippen molar-refractivity contribution < 1.29 is 23.2 Å². The third kappa shape index (κ3) is 6.69. The second kappa shape index (κ2) is 10.8. The molecule has 2 aromatic carbocycles. The first-order chi connectivity index (χ1) is 15.0. The molecule has 3 aromatic rings. The van der Waals surface area contributed by atoms with Gasteiger partial charge in [-0.3, -0.25) is 4.79 Å². The van der Waals surface area contributed by atoms with Gasteiger partial charge >= 0.3 is 0 Å². The quantitative estimate of drug-likeness (QED) is 0.520. The Kier molecular flexibility index (Phi) is 7.84. The van der Waals surface area contributed by atoms with Crippen LogP contribution >= 0.6 is 0 Å². The molecule has 164 valence electrons. The zero-order valence-electron chi connectivity index (χ0n) is 18.3. The summed E-state index contributed by atoms with van der Waals surface area (Å²) in [6.45, 7) is 5.85. The van der Waals surface area contributed by atoms with E-state index in [1.165, 1.54) is 6.07 Å². The van der Waals surface area contributed by atoms with Gasteiger partial charge in [0.25, 0.3) is 5.91 Å². The van der Waals surface area contributed by atoms with Crippen LogP contribution in [-0.2, 0) is 19.6 Å². The Hall–Kier alpha value is -3.12. The molecule has 0 bridgehead atoms. The number of hydrogen-bond donors (Lipinski definition) is 2. The maximum absolute atomic E-state index is 13.7. The molecule has 0 aliphatic rings. The van der Waals surface area contributed by atoms with E-state index in [1.807, 2.05) is 50.2 Å². The molecule has 1 amide bonds. The van der Waals surface area contributed by atoms with Gasteiger partial charge in [-0.1, -0.05) is 31.2 Å². The average molecular weight is 426 g/mol. The second-order valence-electron chi connectivity index (χ2n) is 7.81. The minimum absolute atomic E-state index is 0.0872. The summed E-state index contributed by atoms with van der Waals surface area (Å²) in [7, 11) is 1.64. The van der Waals surface area contributed by atoms with Crippen LogP contribution in [0.2, 0.25) is 0 Å². The number of furan rings is 1. The molecule has 0 spiro atoms. The number of methoxy groups -OCH3 is 1. The molecule has 0 saturated carbocycles. The lowest BCUT2D eigenvalue weighted by molar-refractivity contribution is -0.942. The fourth-order valence-corrected chi connectivity index (χ4v) is 3.43. The molecule has 1 aromatic heterocycles. The summed E-state index contributed by atoms with van der Waals surface area (Å²) in [5, 5.41) is 2.92. The van der Waals surface area contributed by atoms with Crippen molar-refractivity contribution >= 4 is 5.91 Å². The minimum Gasteiger partial charge on any atom is -0.497 e. The Labute approximate surface area is 182 Å². The molecule has 0 radical (unpaired) electrons. The van der Waals surface area contributed by atoms with Crippen LogP contribution in [0.4, 0.5) is 4.39 Å². The van der Waals surface area contributed by atoms with Gasteiger partial charge < -0.3 is 19.4 Å². The molecule has 6 heteroatoms. The average Bonchev–Trinajstić information content (AvgIpc) is 3.22. The van der Waals surface area contributed by atoms with Crippen molar-refractivity contribution in [1.82, 2.24) is 5.32 Å². The van der Waals surface area contributed by atoms with Gasteiger partial charge in [-0.15, -0.1) is 0 Å². The summed E-state index contributed by atoms with van der Waals surface area (Å²) in [4.78, 5) is 13.5. The number of nitrogens with one attached hydrogen (secondary N) is 2. The SMILES string of the molecule is CC[C@H](C)NC(=O)c1ccc(C[NH+](Cc2cccc(F)c2)Cc2cccc(OC)c2)o1. The van der Waals surface area contributed by atoms with Gasteiger partial charge in [0.1, 0.15) is 31.2 Å². The number of halogens is 1. The first-order valence-corrected chi connectivity index (χ1v) is 10.6. The lowest BCUT2D eigenvalue weighted by Gasteiger charge is -2.19. The second-order valence-corrected chi connectivity index (χ2v) is 7.81. The van der Waals surface area contributed by atoms with Crippen LogP contribution in [0.1, 0.15) is 47.7 Å². The van der Waals surface area contributed by atoms with E-state index in [-0.39, 0.29) is 17.8 Å². The summed E-state index contributed by atoms with van der Waals surface area (Å²) >= 11 is 0. The molecule has 2 atom stereocenters. The highest BCUT2D eigenvalue weighted by Crippen LogP contribution is 2.13. The smallest absolute Gasteiger partial charge is 0.287 e. The van der Waals surface area contributed by atoms with E-state index in [0.29, 0.717) is 31.2 Å². The number of amides is 1. The predicted octanol–water partition coefficient (Wildman–Crippen LogP) is 3.74. The van der Waals surface area contributed by atoms with E-state index in [0.717, 1.165) is 28.2 Å². The third-order valence-corrected chi connectivity index (χ3v) is 5.23. The van der Waals surface area contributed by atoms with Crippen LogP contribution in [0.25, 0.3) is 0 Å². The summed E-state index contributed by atoms with van der Waals surface area (Å²) in [6.07, 6.45) is 0.853. The van der Waals surface area contributed by atoms with Crippen LogP contribution in [0, 0.1) is 5.82 Å². The van der Waals surface area contributed by atoms with Gasteiger partial charge in [0.15, 0.2) is 11.5 Å². The fraction of sp³-hybridized carbons (Fsp3) is 0.320. The van der Waals surface area contributed by atoms with Gasteiger partial charge in [-0.05, 0) is 49.7 Å². The lowest BCUT2D eigenvalue weighted by Crippen LogP contribution is -3.08. The normalized spacial score (nSPS) is 12.9. The van der Waals surface area contributed by atoms with Crippen LogP contribution in [-0.4, -0.2) is 19.1 Å². The molecule has 3 rings (SSSR count). The van der Waals surface area contributed by atoms with E-state index in [4.69, 9.17) is 9.15 Å². The number of hydrogen-bond acceptors (Lipinski definition) is 3. The molecular formula is C25H30FN2O3+. The Bertz CT molecular complexity index is 1000. The Morgan fingerprint density at radius 3 is 2.45 bits per heavy atom. The highest BCUT2D eigenvalue weighted by molar-refractivity contribution is 5.91. The molecule has 2 N–H and O–H groups in total. The van der Waals surface area contributed by atoms with E-state index in [1.54, 1.807) is 25.3 Å². The van der Waals surface area contributed by atoms with Gasteiger partial charge in [0.2, 0.25) is 0 Å². The van der Waals surface area contributed by atoms with E-state index < -0.39 is 0 Å². The largest absolute Gasteiger partial charge is 0.497 e. The number of quaternary nitrogens is 1. The Balaban J connectivity index is 1.76. The monoisotopic (exact) mass is 425 g/mol. The standard InChI is InChI=1S/C25H29FN2O3/c1-4-18(2)27-25(29)24-12-11-23(31-24)17-28(15-19-7-5-9-21(26)13-19)16-20-8-6-10-22(14-20)30-3/h5-14,18H,4,15-17H2,1-3H3,(H,27,29)/p+1/t18-/m0/s1. The molecule has 0 aliphatic carbocycles. The maximum Gasteiger partial charge on any atom is 0.287 e. The maximum atomic E-state index is 13.7. The first kappa shape index (κ1) is 22.6. The lowest BCUT2D eigenvalue weighted by atomic mass is 10.1. The number of carbonyl (C=O) groups is 1. The topological polar surface area (TPSA) is 55.9 Å². The van der Waals surface area contributed by atoms with Crippen molar-refractivity contribution in [3.8, 4) is 5.75 Å². The molecule has 1 unspecified atom stereocenters. The van der Waals surface area contributed by atoms with Gasteiger partial charge in [-0.2, -0.15) is 0 Å². The van der Waals surface area contributed by atoms with Crippen molar-refractivity contribution in [3.05, 3.63) is 89.1 Å². The number of carbonyl (C=O) groups excluding carboxylic acids is 1. The van der Waals surface area contributed by atoms with E-state index in [2.05, 4.69) is 5.32 Å². The van der Waals surface area contributed by atoms with Crippen molar-refractivity contribution in [2.24, 2.45) is 0 Å². The molecular weight excluding hydrogens is 395 g/mol. The van der Waals surface area contributed by atoms with Crippen molar-refractivity contribution in [2.45, 2.75) is 45.9 Å². The summed E-state index contributed by atoms with van der Waals surface area (Å²) in [6, 6.07) is 18.2. The Morgan fingerprint density at radius 1 is 1.06 bits per heavy atom. The highest BCUT2D eigenvalue weighted by Gasteiger charge is 2.18. The van der Waals surface area contributed by atoms with Gasteiger partial charge in [0, 0.05) is 17.2 Å². The van der Waals surface area contributed by atoms with Crippen LogP contribution in [0.3, 0.4) is 0 Å². The summed E-state index contributed by atoms with van der Waals surface area (Å²) < 4.78 is 24.9. The van der Waals surface area contributed by atoms with E-state index in [9.17, 15) is 9.18 Å². The fourth-order valence-electron chi connectivity index (χ4n) is 3.43. The molecule has 0 fully saturated rings. The van der Waals surface area contributed by atoms with Crippen molar-refractivity contribution in [2.75, 3.05) is 7.11 Å². The molecule has 1 heterocycles. The zero-order valence-corrected chi connectivity index (χ0v) is 18.3. The molecule has 0 aliphatic heterocycles. The minimum atomic E-state index is -0.250. The number of rotatable bonds is 10. The molecule has 0 saturated heterocycles. The van der Waals surface area contributed by atoms with Gasteiger partial charge in [0.05, 0.1) is 7.11 Å². The van der Waals surface area contributed by atoms with Crippen LogP contribution < -0.4 is 15.0 Å². The molecule has 5 nitrogen and oxygen atoms in total. The number of ether oxygens (including phenoxy) is 1. The summed E-state index contributed by atoms with van der Waals surface area (Å²) in [5.41, 5.74) is 2.01. The summed E-state index contributed by atoms with van der Waals surface area (Å²) in [5.74, 6) is 1.36. The predicted molar refractivity (Wildman–Crippen MR) is 117 cm³/mol. The first-order valence-electron chi connectivity index (χ1n) is 10.6. The number of benzene rings is 2. The van der Waals surface area contributed by atoms with Crippen LogP contribution in [0.5, 0.6) is 5.75 Å². The Morgan fingerprint density at radius 2 is 1.77 bits per heavy atom. The van der Waals surface area contributed by atoms with Crippen molar-refractivity contribution in [3.63, 3.8) is 0 Å². The van der Waals surface area contributed by atoms with Gasteiger partial charge in [-0.25, -0.2) is 4.39 Å². The highest BCUT2D eigenvalue weighted by atomic mass is 19.1. The zero-order chi connectivity index (χ0) is 22.2.